The zero-order valence-electron chi connectivity index (χ0n) is 17.1. The number of methoxy groups -OCH3 is 1. The van der Waals surface area contributed by atoms with E-state index < -0.39 is 0 Å². The number of rotatable bonds is 10. The number of aliphatic imine (C=N–C) groups is 1. The van der Waals surface area contributed by atoms with Gasteiger partial charge in [0.25, 0.3) is 0 Å². The van der Waals surface area contributed by atoms with E-state index in [1.165, 1.54) is 12.8 Å². The van der Waals surface area contributed by atoms with E-state index in [1.54, 1.807) is 7.11 Å². The van der Waals surface area contributed by atoms with E-state index in [4.69, 9.17) is 14.5 Å². The van der Waals surface area contributed by atoms with Gasteiger partial charge in [0.2, 0.25) is 0 Å². The van der Waals surface area contributed by atoms with Crippen molar-refractivity contribution >= 4 is 29.9 Å². The van der Waals surface area contributed by atoms with Gasteiger partial charge in [-0.05, 0) is 59.0 Å². The molecule has 0 aromatic rings. The number of likely N-dealkylation sites (N-methyl/N-ethyl adjacent to an activating group) is 1. The van der Waals surface area contributed by atoms with E-state index in [1.807, 2.05) is 0 Å². The van der Waals surface area contributed by atoms with Crippen molar-refractivity contribution in [2.24, 2.45) is 10.9 Å². The van der Waals surface area contributed by atoms with E-state index in [9.17, 15) is 0 Å². The van der Waals surface area contributed by atoms with Gasteiger partial charge in [-0.1, -0.05) is 0 Å². The SMILES string of the molecule is CCNC(=NCC(C1CC1)N(C)C)N1CCC(OCCCOC)CC1.I. The van der Waals surface area contributed by atoms with Crippen molar-refractivity contribution in [3.05, 3.63) is 0 Å². The van der Waals surface area contributed by atoms with Crippen LogP contribution in [0.2, 0.25) is 0 Å². The third-order valence-electron chi connectivity index (χ3n) is 5.18. The highest BCUT2D eigenvalue weighted by molar-refractivity contribution is 14.0. The lowest BCUT2D eigenvalue weighted by Gasteiger charge is -2.34. The Kier molecular flexibility index (Phi) is 12.1. The molecule has 0 radical (unpaired) electrons. The molecule has 1 saturated carbocycles. The van der Waals surface area contributed by atoms with Gasteiger partial charge in [0.05, 0.1) is 12.6 Å². The first kappa shape index (κ1) is 23.9. The highest BCUT2D eigenvalue weighted by atomic mass is 127. The predicted molar refractivity (Wildman–Crippen MR) is 119 cm³/mol. The molecule has 0 aromatic carbocycles. The minimum absolute atomic E-state index is 0. The molecular formula is C19H39IN4O2. The number of nitrogens with zero attached hydrogens (tertiary/aromatic N) is 3. The molecule has 1 aliphatic carbocycles. The lowest BCUT2D eigenvalue weighted by atomic mass is 10.1. The Hall–Kier alpha value is -0.120. The number of nitrogens with one attached hydrogen (secondary N) is 1. The molecule has 1 N–H and O–H groups in total. The van der Waals surface area contributed by atoms with Gasteiger partial charge in [0, 0.05) is 46.0 Å². The minimum Gasteiger partial charge on any atom is -0.385 e. The third-order valence-corrected chi connectivity index (χ3v) is 5.18. The first-order chi connectivity index (χ1) is 12.2. The highest BCUT2D eigenvalue weighted by Crippen LogP contribution is 2.34. The van der Waals surface area contributed by atoms with Crippen LogP contribution in [-0.2, 0) is 9.47 Å². The Morgan fingerprint density at radius 2 is 1.88 bits per heavy atom. The van der Waals surface area contributed by atoms with Crippen LogP contribution >= 0.6 is 24.0 Å². The molecule has 0 amide bonds. The van der Waals surface area contributed by atoms with Crippen molar-refractivity contribution in [2.75, 3.05) is 60.6 Å². The van der Waals surface area contributed by atoms with Gasteiger partial charge in [-0.2, -0.15) is 0 Å². The van der Waals surface area contributed by atoms with Crippen LogP contribution in [0.3, 0.4) is 0 Å². The molecule has 1 saturated heterocycles. The second-order valence-electron chi connectivity index (χ2n) is 7.47. The maximum Gasteiger partial charge on any atom is 0.193 e. The molecule has 154 valence electrons. The van der Waals surface area contributed by atoms with Crippen LogP contribution in [-0.4, -0.2) is 88.5 Å². The lowest BCUT2D eigenvalue weighted by molar-refractivity contribution is 0.00989. The van der Waals surface area contributed by atoms with E-state index >= 15 is 0 Å². The van der Waals surface area contributed by atoms with Crippen LogP contribution in [0.25, 0.3) is 0 Å². The molecule has 0 aromatic heterocycles. The third kappa shape index (κ3) is 8.27. The van der Waals surface area contributed by atoms with E-state index in [0.717, 1.165) is 70.5 Å². The zero-order valence-corrected chi connectivity index (χ0v) is 19.4. The Bertz CT molecular complexity index is 395. The Morgan fingerprint density at radius 1 is 1.19 bits per heavy atom. The second kappa shape index (κ2) is 13.1. The van der Waals surface area contributed by atoms with Crippen LogP contribution in [0.1, 0.15) is 39.0 Å². The van der Waals surface area contributed by atoms with Crippen molar-refractivity contribution in [1.82, 2.24) is 15.1 Å². The van der Waals surface area contributed by atoms with Gasteiger partial charge in [-0.3, -0.25) is 4.99 Å². The summed E-state index contributed by atoms with van der Waals surface area (Å²) in [7, 11) is 6.10. The normalized spacial score (nSPS) is 20.2. The van der Waals surface area contributed by atoms with Crippen molar-refractivity contribution in [2.45, 2.75) is 51.2 Å². The summed E-state index contributed by atoms with van der Waals surface area (Å²) in [5.74, 6) is 1.92. The average molecular weight is 482 g/mol. The summed E-state index contributed by atoms with van der Waals surface area (Å²) in [5.41, 5.74) is 0. The maximum absolute atomic E-state index is 5.97. The lowest BCUT2D eigenvalue weighted by Crippen LogP contribution is -2.47. The predicted octanol–water partition coefficient (Wildman–Crippen LogP) is 2.43. The number of hydrogen-bond acceptors (Lipinski definition) is 4. The first-order valence-corrected chi connectivity index (χ1v) is 9.96. The summed E-state index contributed by atoms with van der Waals surface area (Å²) in [6, 6.07) is 0.579. The molecule has 7 heteroatoms. The van der Waals surface area contributed by atoms with Gasteiger partial charge >= 0.3 is 0 Å². The van der Waals surface area contributed by atoms with Gasteiger partial charge in [-0.15, -0.1) is 24.0 Å². The molecule has 2 rings (SSSR count). The molecule has 6 nitrogen and oxygen atoms in total. The van der Waals surface area contributed by atoms with Crippen molar-refractivity contribution in [1.29, 1.82) is 0 Å². The fraction of sp³-hybridized carbons (Fsp3) is 0.947. The molecule has 26 heavy (non-hydrogen) atoms. The van der Waals surface area contributed by atoms with Crippen molar-refractivity contribution in [3.8, 4) is 0 Å². The fourth-order valence-electron chi connectivity index (χ4n) is 3.51. The van der Waals surface area contributed by atoms with Crippen LogP contribution in [0.15, 0.2) is 4.99 Å². The highest BCUT2D eigenvalue weighted by Gasteiger charge is 2.32. The summed E-state index contributed by atoms with van der Waals surface area (Å²) in [6.45, 7) is 7.59. The smallest absolute Gasteiger partial charge is 0.193 e. The van der Waals surface area contributed by atoms with E-state index in [2.05, 4.69) is 36.1 Å². The number of piperidine rings is 1. The fourth-order valence-corrected chi connectivity index (χ4v) is 3.51. The van der Waals surface area contributed by atoms with Gasteiger partial charge in [-0.25, -0.2) is 0 Å². The minimum atomic E-state index is 0. The van der Waals surface area contributed by atoms with Crippen LogP contribution in [0, 0.1) is 5.92 Å². The number of hydrogen-bond donors (Lipinski definition) is 1. The molecular weight excluding hydrogens is 443 g/mol. The summed E-state index contributed by atoms with van der Waals surface area (Å²) in [5, 5.41) is 3.48. The van der Waals surface area contributed by atoms with Gasteiger partial charge < -0.3 is 24.6 Å². The largest absolute Gasteiger partial charge is 0.385 e. The number of likely N-dealkylation sites (tertiary alicyclic amines) is 1. The van der Waals surface area contributed by atoms with Crippen molar-refractivity contribution < 1.29 is 9.47 Å². The second-order valence-corrected chi connectivity index (χ2v) is 7.47. The summed E-state index contributed by atoms with van der Waals surface area (Å²) in [6.07, 6.45) is 6.25. The van der Waals surface area contributed by atoms with Crippen LogP contribution in [0.5, 0.6) is 0 Å². The Balaban J connectivity index is 0.00000338. The Morgan fingerprint density at radius 3 is 2.42 bits per heavy atom. The first-order valence-electron chi connectivity index (χ1n) is 9.96. The molecule has 0 spiro atoms. The monoisotopic (exact) mass is 482 g/mol. The molecule has 0 bridgehead atoms. The average Bonchev–Trinajstić information content (AvgIpc) is 3.43. The molecule has 1 unspecified atom stereocenters. The number of ether oxygens (including phenoxy) is 2. The zero-order chi connectivity index (χ0) is 18.1. The molecule has 2 fully saturated rings. The topological polar surface area (TPSA) is 49.3 Å². The quantitative estimate of drug-likeness (QED) is 0.224. The summed E-state index contributed by atoms with van der Waals surface area (Å²) < 4.78 is 11.0. The number of halogens is 1. The van der Waals surface area contributed by atoms with Gasteiger partial charge in [0.15, 0.2) is 5.96 Å². The number of guanidine groups is 1. The standard InChI is InChI=1S/C19H38N4O2.HI/c1-5-20-19(21-15-18(22(2)3)16-7-8-16)23-11-9-17(10-12-23)25-14-6-13-24-4;/h16-18H,5-15H2,1-4H3,(H,20,21);1H. The summed E-state index contributed by atoms with van der Waals surface area (Å²) >= 11 is 0. The molecule has 1 aliphatic heterocycles. The van der Waals surface area contributed by atoms with E-state index in [0.29, 0.717) is 12.1 Å². The molecule has 1 heterocycles. The van der Waals surface area contributed by atoms with Gasteiger partial charge in [0.1, 0.15) is 0 Å². The molecule has 1 atom stereocenters. The van der Waals surface area contributed by atoms with Crippen molar-refractivity contribution in [3.63, 3.8) is 0 Å². The molecule has 2 aliphatic rings. The van der Waals surface area contributed by atoms with E-state index in [-0.39, 0.29) is 24.0 Å². The maximum atomic E-state index is 5.97. The Labute approximate surface area is 177 Å². The van der Waals surface area contributed by atoms with Crippen LogP contribution < -0.4 is 5.32 Å². The van der Waals surface area contributed by atoms with Crippen LogP contribution in [0.4, 0.5) is 0 Å². The summed E-state index contributed by atoms with van der Waals surface area (Å²) in [4.78, 5) is 9.70.